The molecule has 1 heterocycles. The van der Waals surface area contributed by atoms with Crippen molar-refractivity contribution < 1.29 is 13.9 Å². The number of unbranched alkanes of at least 4 members (excludes halogenated alkanes) is 1. The molecule has 4 nitrogen and oxygen atoms in total. The molecule has 0 unspecified atom stereocenters. The molecule has 1 amide bonds. The molecular weight excluding hydrogens is 339 g/mol. The lowest BCUT2D eigenvalue weighted by Crippen LogP contribution is -2.13. The normalized spacial score (nSPS) is 11.9. The van der Waals surface area contributed by atoms with Crippen molar-refractivity contribution in [2.24, 2.45) is 12.0 Å². The second-order valence-electron chi connectivity index (χ2n) is 5.67. The first kappa shape index (κ1) is 17.4. The molecule has 25 heavy (non-hydrogen) atoms. The summed E-state index contributed by atoms with van der Waals surface area (Å²) in [6.07, 6.45) is 2.07. The Morgan fingerprint density at radius 1 is 1.24 bits per heavy atom. The van der Waals surface area contributed by atoms with Gasteiger partial charge in [0.1, 0.15) is 11.6 Å². The minimum atomic E-state index is -0.359. The Hall–Kier alpha value is -2.47. The number of nitrogens with zero attached hydrogens (tertiary/aromatic N) is 2. The van der Waals surface area contributed by atoms with E-state index >= 15 is 0 Å². The van der Waals surface area contributed by atoms with E-state index in [1.165, 1.54) is 17.4 Å². The van der Waals surface area contributed by atoms with Crippen LogP contribution < -0.4 is 9.54 Å². The topological polar surface area (TPSA) is 43.6 Å². The maximum atomic E-state index is 13.9. The molecule has 1 aromatic heterocycles. The van der Waals surface area contributed by atoms with Crippen molar-refractivity contribution in [3.8, 4) is 5.75 Å². The number of aryl methyl sites for hydroxylation is 1. The smallest absolute Gasteiger partial charge is 0.279 e. The number of fused-ring (bicyclic) bond motifs is 1. The number of amides is 1. The van der Waals surface area contributed by atoms with E-state index in [4.69, 9.17) is 4.74 Å². The zero-order valence-corrected chi connectivity index (χ0v) is 15.0. The summed E-state index contributed by atoms with van der Waals surface area (Å²) in [7, 11) is 1.71. The number of rotatable bonds is 5. The van der Waals surface area contributed by atoms with E-state index in [1.54, 1.807) is 41.9 Å². The van der Waals surface area contributed by atoms with Gasteiger partial charge in [-0.2, -0.15) is 4.99 Å². The zero-order valence-electron chi connectivity index (χ0n) is 14.2. The van der Waals surface area contributed by atoms with Gasteiger partial charge in [0.25, 0.3) is 5.91 Å². The van der Waals surface area contributed by atoms with Crippen LogP contribution in [-0.2, 0) is 7.05 Å². The fourth-order valence-corrected chi connectivity index (χ4v) is 3.47. The standard InChI is InChI=1S/C19H19FN2O2S/c1-3-4-12-24-14-10-8-13(9-11-14)18(23)21-19-22(2)17-15(20)6-5-7-16(17)25-19/h5-11H,3-4,12H2,1-2H3. The molecule has 0 saturated carbocycles. The third-order valence-electron chi connectivity index (χ3n) is 3.84. The van der Waals surface area contributed by atoms with Crippen molar-refractivity contribution in [3.63, 3.8) is 0 Å². The number of hydrogen-bond acceptors (Lipinski definition) is 3. The van der Waals surface area contributed by atoms with Crippen molar-refractivity contribution in [2.75, 3.05) is 6.61 Å². The molecule has 0 aliphatic rings. The Kier molecular flexibility index (Phi) is 5.28. The molecule has 0 fully saturated rings. The first-order chi connectivity index (χ1) is 12.1. The van der Waals surface area contributed by atoms with Gasteiger partial charge in [0.05, 0.1) is 16.8 Å². The van der Waals surface area contributed by atoms with Gasteiger partial charge in [0.2, 0.25) is 0 Å². The van der Waals surface area contributed by atoms with Gasteiger partial charge in [-0.1, -0.05) is 30.7 Å². The van der Waals surface area contributed by atoms with Crippen LogP contribution >= 0.6 is 11.3 Å². The molecule has 0 aliphatic heterocycles. The molecule has 0 saturated heterocycles. The summed E-state index contributed by atoms with van der Waals surface area (Å²) in [6.45, 7) is 2.77. The summed E-state index contributed by atoms with van der Waals surface area (Å²) in [6, 6.07) is 11.8. The molecular formula is C19H19FN2O2S. The molecule has 6 heteroatoms. The number of thiazole rings is 1. The van der Waals surface area contributed by atoms with Gasteiger partial charge >= 0.3 is 0 Å². The highest BCUT2D eigenvalue weighted by Crippen LogP contribution is 2.19. The number of benzene rings is 2. The van der Waals surface area contributed by atoms with Crippen LogP contribution in [0.2, 0.25) is 0 Å². The summed E-state index contributed by atoms with van der Waals surface area (Å²) in [5.41, 5.74) is 0.930. The minimum Gasteiger partial charge on any atom is -0.494 e. The summed E-state index contributed by atoms with van der Waals surface area (Å²) < 4.78 is 21.9. The molecule has 0 bridgehead atoms. The highest BCUT2D eigenvalue weighted by molar-refractivity contribution is 7.16. The second-order valence-corrected chi connectivity index (χ2v) is 6.68. The molecule has 0 radical (unpaired) electrons. The van der Waals surface area contributed by atoms with E-state index in [1.807, 2.05) is 6.07 Å². The van der Waals surface area contributed by atoms with Crippen LogP contribution in [0.5, 0.6) is 5.75 Å². The van der Waals surface area contributed by atoms with Crippen LogP contribution in [0.25, 0.3) is 10.2 Å². The van der Waals surface area contributed by atoms with E-state index in [0.29, 0.717) is 22.5 Å². The maximum Gasteiger partial charge on any atom is 0.279 e. The van der Waals surface area contributed by atoms with Crippen molar-refractivity contribution in [2.45, 2.75) is 19.8 Å². The van der Waals surface area contributed by atoms with Gasteiger partial charge in [-0.3, -0.25) is 4.79 Å². The lowest BCUT2D eigenvalue weighted by Gasteiger charge is -2.05. The van der Waals surface area contributed by atoms with Crippen LogP contribution in [0.3, 0.4) is 0 Å². The minimum absolute atomic E-state index is 0.321. The summed E-state index contributed by atoms with van der Waals surface area (Å²) >= 11 is 1.29. The first-order valence-corrected chi connectivity index (χ1v) is 8.97. The molecule has 2 aromatic carbocycles. The molecule has 0 aliphatic carbocycles. The second kappa shape index (κ2) is 7.61. The first-order valence-electron chi connectivity index (χ1n) is 8.16. The Balaban J connectivity index is 1.85. The van der Waals surface area contributed by atoms with Gasteiger partial charge in [0.15, 0.2) is 4.80 Å². The van der Waals surface area contributed by atoms with Crippen LogP contribution in [0, 0.1) is 5.82 Å². The van der Waals surface area contributed by atoms with Crippen LogP contribution in [0.15, 0.2) is 47.5 Å². The van der Waals surface area contributed by atoms with Crippen LogP contribution in [-0.4, -0.2) is 17.1 Å². The average molecular weight is 358 g/mol. The Bertz CT molecular complexity index is 958. The maximum absolute atomic E-state index is 13.9. The van der Waals surface area contributed by atoms with Crippen molar-refractivity contribution in [3.05, 3.63) is 58.6 Å². The van der Waals surface area contributed by atoms with E-state index < -0.39 is 0 Å². The number of aromatic nitrogens is 1. The number of hydrogen-bond donors (Lipinski definition) is 0. The zero-order chi connectivity index (χ0) is 17.8. The quantitative estimate of drug-likeness (QED) is 0.638. The van der Waals surface area contributed by atoms with Gasteiger partial charge in [0, 0.05) is 12.6 Å². The number of carbonyl (C=O) groups is 1. The molecule has 0 atom stereocenters. The number of ether oxygens (including phenoxy) is 1. The number of carbonyl (C=O) groups excluding carboxylic acids is 1. The van der Waals surface area contributed by atoms with Crippen LogP contribution in [0.1, 0.15) is 30.1 Å². The van der Waals surface area contributed by atoms with Gasteiger partial charge in [-0.15, -0.1) is 0 Å². The van der Waals surface area contributed by atoms with E-state index in [9.17, 15) is 9.18 Å². The highest BCUT2D eigenvalue weighted by Gasteiger charge is 2.10. The van der Waals surface area contributed by atoms with E-state index in [0.717, 1.165) is 23.3 Å². The van der Waals surface area contributed by atoms with Crippen LogP contribution in [0.4, 0.5) is 4.39 Å². The third-order valence-corrected chi connectivity index (χ3v) is 4.94. The Morgan fingerprint density at radius 2 is 2.00 bits per heavy atom. The number of halogens is 1. The largest absolute Gasteiger partial charge is 0.494 e. The average Bonchev–Trinajstić information content (AvgIpc) is 2.93. The predicted molar refractivity (Wildman–Crippen MR) is 97.5 cm³/mol. The Morgan fingerprint density at radius 3 is 2.68 bits per heavy atom. The fourth-order valence-electron chi connectivity index (χ4n) is 2.44. The van der Waals surface area contributed by atoms with Crippen molar-refractivity contribution in [1.29, 1.82) is 0 Å². The SMILES string of the molecule is CCCCOc1ccc(C(=O)N=c2sc3cccc(F)c3n2C)cc1. The predicted octanol–water partition coefficient (Wildman–Crippen LogP) is 4.30. The van der Waals surface area contributed by atoms with Gasteiger partial charge in [-0.25, -0.2) is 4.39 Å². The van der Waals surface area contributed by atoms with Crippen molar-refractivity contribution in [1.82, 2.24) is 4.57 Å². The third kappa shape index (κ3) is 3.79. The highest BCUT2D eigenvalue weighted by atomic mass is 32.1. The molecule has 130 valence electrons. The lowest BCUT2D eigenvalue weighted by molar-refractivity contribution is 0.0998. The number of para-hydroxylation sites is 1. The molecule has 3 rings (SSSR count). The van der Waals surface area contributed by atoms with E-state index in [2.05, 4.69) is 11.9 Å². The molecule has 3 aromatic rings. The summed E-state index contributed by atoms with van der Waals surface area (Å²) in [5.74, 6) is 0.0564. The Labute approximate surface area is 149 Å². The lowest BCUT2D eigenvalue weighted by atomic mass is 10.2. The van der Waals surface area contributed by atoms with Gasteiger partial charge in [-0.05, 0) is 42.8 Å². The van der Waals surface area contributed by atoms with E-state index in [-0.39, 0.29) is 11.7 Å². The summed E-state index contributed by atoms with van der Waals surface area (Å²) in [4.78, 5) is 17.0. The fraction of sp³-hybridized carbons (Fsp3) is 0.263. The van der Waals surface area contributed by atoms with Gasteiger partial charge < -0.3 is 9.30 Å². The van der Waals surface area contributed by atoms with Crippen molar-refractivity contribution >= 4 is 27.5 Å². The summed E-state index contributed by atoms with van der Waals surface area (Å²) in [5, 5.41) is 0. The molecule has 0 N–H and O–H groups in total. The monoisotopic (exact) mass is 358 g/mol. The molecule has 0 spiro atoms.